The molecular weight excluding hydrogens is 434 g/mol. The number of aromatic nitrogens is 1. The zero-order valence-electron chi connectivity index (χ0n) is 14.4. The number of amides is 1. The maximum Gasteiger partial charge on any atom is 0.226 e. The zero-order chi connectivity index (χ0) is 18.2. The van der Waals surface area contributed by atoms with Crippen LogP contribution in [-0.4, -0.2) is 55.2 Å². The molecule has 26 heavy (non-hydrogen) atoms. The molecule has 2 aromatic rings. The summed E-state index contributed by atoms with van der Waals surface area (Å²) < 4.78 is 7.41. The van der Waals surface area contributed by atoms with Crippen molar-refractivity contribution in [2.24, 2.45) is 0 Å². The minimum absolute atomic E-state index is 0.0352. The van der Waals surface area contributed by atoms with Gasteiger partial charge in [-0.2, -0.15) is 0 Å². The lowest BCUT2D eigenvalue weighted by atomic mass is 10.2. The Kier molecular flexibility index (Phi) is 7.94. The number of nitrogens with zero attached hydrogens (tertiary/aromatic N) is 2. The Bertz CT molecular complexity index is 703. The number of rotatable bonds is 8. The van der Waals surface area contributed by atoms with E-state index in [2.05, 4.69) is 43.3 Å². The Morgan fingerprint density at radius 2 is 2.08 bits per heavy atom. The topological polar surface area (TPSA) is 54.5 Å². The van der Waals surface area contributed by atoms with Crippen molar-refractivity contribution < 1.29 is 9.53 Å². The number of ether oxygens (including phenoxy) is 1. The summed E-state index contributed by atoms with van der Waals surface area (Å²) in [5.74, 6) is 0.916. The SMILES string of the molecule is O=C(Cc1csc(SCc2ccc(Br)cc2)n1)NCCN1CCOCC1. The molecule has 1 aliphatic heterocycles. The van der Waals surface area contributed by atoms with Crippen LogP contribution in [0.1, 0.15) is 11.3 Å². The molecule has 0 radical (unpaired) electrons. The minimum atomic E-state index is 0.0352. The third-order valence-electron chi connectivity index (χ3n) is 4.00. The molecule has 0 bridgehead atoms. The van der Waals surface area contributed by atoms with E-state index in [4.69, 9.17) is 4.74 Å². The van der Waals surface area contributed by atoms with Gasteiger partial charge >= 0.3 is 0 Å². The van der Waals surface area contributed by atoms with Crippen LogP contribution in [0.25, 0.3) is 0 Å². The van der Waals surface area contributed by atoms with Crippen LogP contribution in [0.5, 0.6) is 0 Å². The van der Waals surface area contributed by atoms with Gasteiger partial charge in [0.2, 0.25) is 5.91 Å². The van der Waals surface area contributed by atoms with Crippen molar-refractivity contribution in [3.63, 3.8) is 0 Å². The maximum absolute atomic E-state index is 12.1. The summed E-state index contributed by atoms with van der Waals surface area (Å²) in [5, 5.41) is 4.96. The number of thiazole rings is 1. The van der Waals surface area contributed by atoms with Crippen LogP contribution < -0.4 is 5.32 Å². The van der Waals surface area contributed by atoms with Crippen LogP contribution in [0.15, 0.2) is 38.5 Å². The fourth-order valence-electron chi connectivity index (χ4n) is 2.57. The largest absolute Gasteiger partial charge is 0.379 e. The predicted octanol–water partition coefficient (Wildman–Crippen LogP) is 3.19. The third-order valence-corrected chi connectivity index (χ3v) is 6.67. The molecule has 0 aliphatic carbocycles. The van der Waals surface area contributed by atoms with Crippen molar-refractivity contribution in [3.05, 3.63) is 45.4 Å². The Balaban J connectivity index is 1.37. The molecular formula is C18H22BrN3O2S2. The number of thioether (sulfide) groups is 1. The second-order valence-electron chi connectivity index (χ2n) is 6.00. The van der Waals surface area contributed by atoms with Crippen LogP contribution in [-0.2, 0) is 21.7 Å². The van der Waals surface area contributed by atoms with E-state index in [0.717, 1.165) is 53.1 Å². The first-order valence-electron chi connectivity index (χ1n) is 8.57. The van der Waals surface area contributed by atoms with E-state index < -0.39 is 0 Å². The standard InChI is InChI=1S/C18H22BrN3O2S2/c19-15-3-1-14(2-4-15)12-25-18-21-16(13-26-18)11-17(23)20-5-6-22-7-9-24-10-8-22/h1-4,13H,5-12H2,(H,20,23). The van der Waals surface area contributed by atoms with Crippen molar-refractivity contribution in [2.75, 3.05) is 39.4 Å². The van der Waals surface area contributed by atoms with Gasteiger partial charge < -0.3 is 10.1 Å². The average molecular weight is 456 g/mol. The number of hydrogen-bond acceptors (Lipinski definition) is 6. The summed E-state index contributed by atoms with van der Waals surface area (Å²) in [6.07, 6.45) is 0.346. The summed E-state index contributed by atoms with van der Waals surface area (Å²) >= 11 is 6.75. The highest BCUT2D eigenvalue weighted by molar-refractivity contribution is 9.10. The summed E-state index contributed by atoms with van der Waals surface area (Å²) in [4.78, 5) is 18.9. The van der Waals surface area contributed by atoms with E-state index in [1.54, 1.807) is 23.1 Å². The van der Waals surface area contributed by atoms with E-state index in [0.29, 0.717) is 13.0 Å². The second-order valence-corrected chi connectivity index (χ2v) is 9.00. The lowest BCUT2D eigenvalue weighted by molar-refractivity contribution is -0.120. The van der Waals surface area contributed by atoms with Crippen molar-refractivity contribution in [3.8, 4) is 0 Å². The monoisotopic (exact) mass is 455 g/mol. The number of carbonyl (C=O) groups is 1. The van der Waals surface area contributed by atoms with Crippen molar-refractivity contribution in [2.45, 2.75) is 16.5 Å². The van der Waals surface area contributed by atoms with Gasteiger partial charge in [0, 0.05) is 41.8 Å². The maximum atomic E-state index is 12.1. The number of carbonyl (C=O) groups excluding carboxylic acids is 1. The molecule has 8 heteroatoms. The third kappa shape index (κ3) is 6.66. The molecule has 1 N–H and O–H groups in total. The van der Waals surface area contributed by atoms with Gasteiger partial charge in [0.15, 0.2) is 0 Å². The van der Waals surface area contributed by atoms with Gasteiger partial charge in [-0.3, -0.25) is 9.69 Å². The van der Waals surface area contributed by atoms with Crippen LogP contribution in [0.3, 0.4) is 0 Å². The molecule has 0 saturated carbocycles. The molecule has 3 rings (SSSR count). The molecule has 1 aliphatic rings. The van der Waals surface area contributed by atoms with Crippen LogP contribution in [0.2, 0.25) is 0 Å². The van der Waals surface area contributed by atoms with Crippen molar-refractivity contribution in [1.29, 1.82) is 0 Å². The minimum Gasteiger partial charge on any atom is -0.379 e. The van der Waals surface area contributed by atoms with E-state index in [-0.39, 0.29) is 5.91 Å². The normalized spacial score (nSPS) is 15.1. The Morgan fingerprint density at radius 3 is 2.85 bits per heavy atom. The summed E-state index contributed by atoms with van der Waals surface area (Å²) in [7, 11) is 0. The Morgan fingerprint density at radius 1 is 1.31 bits per heavy atom. The molecule has 0 atom stereocenters. The van der Waals surface area contributed by atoms with E-state index in [1.807, 2.05) is 17.5 Å². The second kappa shape index (κ2) is 10.4. The quantitative estimate of drug-likeness (QED) is 0.619. The highest BCUT2D eigenvalue weighted by Gasteiger charge is 2.11. The Hall–Kier alpha value is -0.930. The lowest BCUT2D eigenvalue weighted by Crippen LogP contribution is -2.41. The van der Waals surface area contributed by atoms with Gasteiger partial charge in [0.05, 0.1) is 25.3 Å². The van der Waals surface area contributed by atoms with Gasteiger partial charge in [-0.15, -0.1) is 11.3 Å². The summed E-state index contributed by atoms with van der Waals surface area (Å²) in [5.41, 5.74) is 2.10. The predicted molar refractivity (Wildman–Crippen MR) is 110 cm³/mol. The van der Waals surface area contributed by atoms with Gasteiger partial charge in [-0.05, 0) is 17.7 Å². The van der Waals surface area contributed by atoms with Crippen LogP contribution in [0.4, 0.5) is 0 Å². The summed E-state index contributed by atoms with van der Waals surface area (Å²) in [6, 6.07) is 8.30. The highest BCUT2D eigenvalue weighted by Crippen LogP contribution is 2.26. The lowest BCUT2D eigenvalue weighted by Gasteiger charge is -2.26. The van der Waals surface area contributed by atoms with Gasteiger partial charge in [-0.1, -0.05) is 39.8 Å². The molecule has 1 fully saturated rings. The number of halogens is 1. The molecule has 1 aromatic heterocycles. The van der Waals surface area contributed by atoms with Gasteiger partial charge in [-0.25, -0.2) is 4.98 Å². The zero-order valence-corrected chi connectivity index (χ0v) is 17.7. The first-order chi connectivity index (χ1) is 12.7. The molecule has 140 valence electrons. The van der Waals surface area contributed by atoms with Crippen molar-refractivity contribution in [1.82, 2.24) is 15.2 Å². The van der Waals surface area contributed by atoms with Crippen LogP contribution >= 0.6 is 39.0 Å². The average Bonchev–Trinajstić information content (AvgIpc) is 3.09. The molecule has 1 amide bonds. The highest BCUT2D eigenvalue weighted by atomic mass is 79.9. The first kappa shape index (κ1) is 19.8. The Labute approximate surface area is 170 Å². The number of nitrogens with one attached hydrogen (secondary N) is 1. The fourth-order valence-corrected chi connectivity index (χ4v) is 4.63. The van der Waals surface area contributed by atoms with Crippen LogP contribution in [0, 0.1) is 0 Å². The molecule has 5 nitrogen and oxygen atoms in total. The van der Waals surface area contributed by atoms with E-state index >= 15 is 0 Å². The molecule has 0 spiro atoms. The van der Waals surface area contributed by atoms with Gasteiger partial charge in [0.1, 0.15) is 4.34 Å². The fraction of sp³-hybridized carbons (Fsp3) is 0.444. The summed E-state index contributed by atoms with van der Waals surface area (Å²) in [6.45, 7) is 5.01. The van der Waals surface area contributed by atoms with Crippen molar-refractivity contribution >= 4 is 44.9 Å². The van der Waals surface area contributed by atoms with E-state index in [1.165, 1.54) is 5.56 Å². The molecule has 1 aromatic carbocycles. The number of hydrogen-bond donors (Lipinski definition) is 1. The molecule has 0 unspecified atom stereocenters. The number of morpholine rings is 1. The van der Waals surface area contributed by atoms with Gasteiger partial charge in [0.25, 0.3) is 0 Å². The molecule has 1 saturated heterocycles. The van der Waals surface area contributed by atoms with E-state index in [9.17, 15) is 4.79 Å². The molecule has 2 heterocycles. The first-order valence-corrected chi connectivity index (χ1v) is 11.2. The smallest absolute Gasteiger partial charge is 0.226 e. The number of benzene rings is 1.